The molecule has 0 amide bonds. The first kappa shape index (κ1) is 17.1. The number of carbonyl (C=O) groups excluding carboxylic acids is 1. The number of ketones is 1. The first-order valence-corrected chi connectivity index (χ1v) is 8.21. The molecule has 0 saturated carbocycles. The maximum atomic E-state index is 13.0. The van der Waals surface area contributed by atoms with Crippen molar-refractivity contribution in [1.82, 2.24) is 0 Å². The van der Waals surface area contributed by atoms with E-state index in [2.05, 4.69) is 6.58 Å². The van der Waals surface area contributed by atoms with Crippen LogP contribution < -0.4 is 9.47 Å². The number of ether oxygens (including phenoxy) is 2. The maximum Gasteiger partial charge on any atom is 0.171 e. The third-order valence-electron chi connectivity index (χ3n) is 4.79. The van der Waals surface area contributed by atoms with E-state index in [-0.39, 0.29) is 24.1 Å². The van der Waals surface area contributed by atoms with E-state index in [0.29, 0.717) is 22.6 Å². The van der Waals surface area contributed by atoms with E-state index in [9.17, 15) is 9.90 Å². The Bertz CT molecular complexity index is 821. The molecule has 4 nitrogen and oxygen atoms in total. The number of benzene rings is 2. The molecule has 0 unspecified atom stereocenters. The van der Waals surface area contributed by atoms with E-state index in [1.165, 1.54) is 0 Å². The van der Waals surface area contributed by atoms with Gasteiger partial charge in [-0.2, -0.15) is 0 Å². The van der Waals surface area contributed by atoms with Crippen LogP contribution in [0.25, 0.3) is 0 Å². The number of methoxy groups -OCH3 is 1. The summed E-state index contributed by atoms with van der Waals surface area (Å²) in [7, 11) is 1.54. The number of Topliss-reactive ketones (excluding diaryl/α,β-unsaturated/α-hetero) is 1. The van der Waals surface area contributed by atoms with E-state index in [1.54, 1.807) is 19.2 Å². The summed E-state index contributed by atoms with van der Waals surface area (Å²) in [6.07, 6.45) is -0.0755. The second kappa shape index (κ2) is 6.28. The second-order valence-electron chi connectivity index (χ2n) is 6.73. The molecule has 4 heteroatoms. The van der Waals surface area contributed by atoms with Crippen molar-refractivity contribution in [3.05, 3.63) is 71.5 Å². The fourth-order valence-electron chi connectivity index (χ4n) is 3.19. The van der Waals surface area contributed by atoms with Crippen LogP contribution >= 0.6 is 0 Å². The van der Waals surface area contributed by atoms with Crippen LogP contribution in [0.4, 0.5) is 0 Å². The topological polar surface area (TPSA) is 55.8 Å². The van der Waals surface area contributed by atoms with Gasteiger partial charge in [-0.15, -0.1) is 0 Å². The van der Waals surface area contributed by atoms with E-state index < -0.39 is 5.41 Å². The molecule has 130 valence electrons. The lowest BCUT2D eigenvalue weighted by Crippen LogP contribution is -2.28. The fourth-order valence-corrected chi connectivity index (χ4v) is 3.19. The summed E-state index contributed by atoms with van der Waals surface area (Å²) in [5.41, 5.74) is 1.20. The number of carbonyl (C=O) groups is 1. The van der Waals surface area contributed by atoms with Crippen molar-refractivity contribution < 1.29 is 19.4 Å². The van der Waals surface area contributed by atoms with E-state index in [0.717, 1.165) is 5.56 Å². The van der Waals surface area contributed by atoms with Gasteiger partial charge in [-0.05, 0) is 31.5 Å². The molecule has 25 heavy (non-hydrogen) atoms. The molecule has 1 atom stereocenters. The fraction of sp³-hybridized carbons (Fsp3) is 0.286. The molecular formula is C21H22O4. The molecule has 2 aromatic rings. The summed E-state index contributed by atoms with van der Waals surface area (Å²) >= 11 is 0. The van der Waals surface area contributed by atoms with Crippen LogP contribution in [0.5, 0.6) is 11.5 Å². The van der Waals surface area contributed by atoms with Crippen molar-refractivity contribution in [2.45, 2.75) is 31.8 Å². The summed E-state index contributed by atoms with van der Waals surface area (Å²) in [4.78, 5) is 13.0. The Morgan fingerprint density at radius 1 is 1.24 bits per heavy atom. The van der Waals surface area contributed by atoms with Gasteiger partial charge in [-0.1, -0.05) is 36.9 Å². The lowest BCUT2D eigenvalue weighted by Gasteiger charge is -2.33. The average molecular weight is 338 g/mol. The highest BCUT2D eigenvalue weighted by atomic mass is 16.5. The predicted octanol–water partition coefficient (Wildman–Crippen LogP) is 4.75. The van der Waals surface area contributed by atoms with Gasteiger partial charge in [0.2, 0.25) is 0 Å². The summed E-state index contributed by atoms with van der Waals surface area (Å²) in [5.74, 6) is 0.986. The van der Waals surface area contributed by atoms with Gasteiger partial charge < -0.3 is 14.6 Å². The first-order valence-electron chi connectivity index (χ1n) is 8.21. The van der Waals surface area contributed by atoms with Gasteiger partial charge in [0, 0.05) is 5.56 Å². The second-order valence-corrected chi connectivity index (χ2v) is 6.73. The van der Waals surface area contributed by atoms with Gasteiger partial charge in [0.15, 0.2) is 5.78 Å². The molecule has 0 saturated heterocycles. The molecule has 0 spiro atoms. The number of hydrogen-bond donors (Lipinski definition) is 1. The number of rotatable bonds is 4. The van der Waals surface area contributed by atoms with Gasteiger partial charge in [-0.3, -0.25) is 4.79 Å². The van der Waals surface area contributed by atoms with Crippen LogP contribution in [-0.4, -0.2) is 18.0 Å². The summed E-state index contributed by atoms with van der Waals surface area (Å²) < 4.78 is 11.6. The minimum absolute atomic E-state index is 0.0293. The van der Waals surface area contributed by atoms with E-state index >= 15 is 0 Å². The monoisotopic (exact) mass is 338 g/mol. The molecule has 3 rings (SSSR count). The molecular weight excluding hydrogens is 316 g/mol. The molecule has 0 aromatic heterocycles. The quantitative estimate of drug-likeness (QED) is 0.817. The first-order chi connectivity index (χ1) is 11.9. The number of aliphatic hydroxyl groups is 1. The Labute approximate surface area is 147 Å². The highest BCUT2D eigenvalue weighted by molar-refractivity contribution is 6.02. The van der Waals surface area contributed by atoms with Crippen LogP contribution in [0.1, 0.15) is 47.9 Å². The molecule has 1 aliphatic heterocycles. The maximum absolute atomic E-state index is 13.0. The number of hydrogen-bond acceptors (Lipinski definition) is 4. The Balaban J connectivity index is 2.13. The minimum atomic E-state index is -0.838. The number of aliphatic hydroxyl groups excluding tert-OH is 1. The lowest BCUT2D eigenvalue weighted by atomic mass is 9.77. The van der Waals surface area contributed by atoms with Gasteiger partial charge in [0.05, 0.1) is 30.3 Å². The summed E-state index contributed by atoms with van der Waals surface area (Å²) in [6.45, 7) is 7.28. The average Bonchev–Trinajstić information content (AvgIpc) is 2.61. The lowest BCUT2D eigenvalue weighted by molar-refractivity contribution is 0.0845. The van der Waals surface area contributed by atoms with Gasteiger partial charge in [0.1, 0.15) is 17.6 Å². The third kappa shape index (κ3) is 2.88. The van der Waals surface area contributed by atoms with E-state index in [1.807, 2.05) is 44.2 Å². The molecule has 1 aliphatic rings. The molecule has 0 radical (unpaired) electrons. The molecule has 1 N–H and O–H groups in total. The molecule has 2 aromatic carbocycles. The highest BCUT2D eigenvalue weighted by Crippen LogP contribution is 2.46. The van der Waals surface area contributed by atoms with Crippen LogP contribution in [0.3, 0.4) is 0 Å². The zero-order chi connectivity index (χ0) is 18.2. The van der Waals surface area contributed by atoms with Crippen molar-refractivity contribution in [3.8, 4) is 11.5 Å². The van der Waals surface area contributed by atoms with Gasteiger partial charge in [0.25, 0.3) is 0 Å². The standard InChI is InChI=1S/C21H22O4/c1-13(22)21(2,3)20-17(24-4)11-10-16-19(20)15(23)12-18(25-16)14-8-6-5-7-9-14/h5-11,18,22H,1,12H2,2-4H3/t18-/m1/s1. The molecule has 1 heterocycles. The predicted molar refractivity (Wildman–Crippen MR) is 96.5 cm³/mol. The van der Waals surface area contributed by atoms with Crippen molar-refractivity contribution in [3.63, 3.8) is 0 Å². The summed E-state index contributed by atoms with van der Waals surface area (Å²) in [6, 6.07) is 13.2. The molecule has 0 bridgehead atoms. The highest BCUT2D eigenvalue weighted by Gasteiger charge is 2.38. The Kier molecular flexibility index (Phi) is 4.29. The van der Waals surface area contributed by atoms with Crippen molar-refractivity contribution in [2.75, 3.05) is 7.11 Å². The third-order valence-corrected chi connectivity index (χ3v) is 4.79. The largest absolute Gasteiger partial charge is 0.512 e. The SMILES string of the molecule is C=C(O)C(C)(C)c1c(OC)ccc2c1C(=O)C[C@H](c1ccccc1)O2. The zero-order valence-corrected chi connectivity index (χ0v) is 14.7. The molecule has 0 aliphatic carbocycles. The van der Waals surface area contributed by atoms with Crippen molar-refractivity contribution in [2.24, 2.45) is 0 Å². The van der Waals surface area contributed by atoms with Crippen molar-refractivity contribution in [1.29, 1.82) is 0 Å². The Morgan fingerprint density at radius 3 is 2.52 bits per heavy atom. The smallest absolute Gasteiger partial charge is 0.171 e. The summed E-state index contributed by atoms with van der Waals surface area (Å²) in [5, 5.41) is 10.1. The van der Waals surface area contributed by atoms with Crippen LogP contribution in [0.2, 0.25) is 0 Å². The Hall–Kier alpha value is -2.75. The normalized spacial score (nSPS) is 16.8. The van der Waals surface area contributed by atoms with Crippen molar-refractivity contribution >= 4 is 5.78 Å². The van der Waals surface area contributed by atoms with Gasteiger partial charge in [-0.25, -0.2) is 0 Å². The number of fused-ring (bicyclic) bond motifs is 1. The van der Waals surface area contributed by atoms with Crippen LogP contribution in [-0.2, 0) is 5.41 Å². The zero-order valence-electron chi connectivity index (χ0n) is 14.7. The van der Waals surface area contributed by atoms with Crippen LogP contribution in [0, 0.1) is 0 Å². The molecule has 0 fully saturated rings. The van der Waals surface area contributed by atoms with Crippen LogP contribution in [0.15, 0.2) is 54.8 Å². The number of allylic oxidation sites excluding steroid dienone is 1. The minimum Gasteiger partial charge on any atom is -0.512 e. The van der Waals surface area contributed by atoms with Gasteiger partial charge >= 0.3 is 0 Å². The Morgan fingerprint density at radius 2 is 1.92 bits per heavy atom. The van der Waals surface area contributed by atoms with E-state index in [4.69, 9.17) is 9.47 Å².